The summed E-state index contributed by atoms with van der Waals surface area (Å²) >= 11 is 6.09. The molecule has 1 aromatic carbocycles. The van der Waals surface area contributed by atoms with Crippen LogP contribution in [0.2, 0.25) is 5.02 Å². The predicted octanol–water partition coefficient (Wildman–Crippen LogP) is 5.07. The normalized spacial score (nSPS) is 26.5. The summed E-state index contributed by atoms with van der Waals surface area (Å²) < 4.78 is 53.1. The first-order chi connectivity index (χ1) is 16.7. The second-order valence-electron chi connectivity index (χ2n) is 9.31. The van der Waals surface area contributed by atoms with Gasteiger partial charge in [0.25, 0.3) is 5.91 Å². The molecule has 3 aromatic rings. The van der Waals surface area contributed by atoms with Crippen molar-refractivity contribution in [3.8, 4) is 11.4 Å². The molecule has 4 unspecified atom stereocenters. The summed E-state index contributed by atoms with van der Waals surface area (Å²) in [6.07, 6.45) is 1.02. The first-order valence-corrected chi connectivity index (χ1v) is 11.4. The summed E-state index contributed by atoms with van der Waals surface area (Å²) in [6.45, 7) is 0.529. The number of aromatic nitrogens is 3. The Bertz CT molecular complexity index is 1340. The Hall–Kier alpha value is -3.27. The molecule has 0 radical (unpaired) electrons. The lowest BCUT2D eigenvalue weighted by molar-refractivity contribution is -0.137. The monoisotopic (exact) mass is 503 g/mol. The third-order valence-corrected chi connectivity index (χ3v) is 7.66. The van der Waals surface area contributed by atoms with Gasteiger partial charge in [-0.2, -0.15) is 13.2 Å². The molecule has 35 heavy (non-hydrogen) atoms. The highest BCUT2D eigenvalue weighted by Gasteiger charge is 2.75. The van der Waals surface area contributed by atoms with Crippen molar-refractivity contribution in [2.75, 3.05) is 11.9 Å². The highest BCUT2D eigenvalue weighted by atomic mass is 35.5. The molecule has 2 aromatic heterocycles. The van der Waals surface area contributed by atoms with Gasteiger partial charge in [0.1, 0.15) is 11.6 Å². The SMILES string of the molecule is O=C(c1cc(F)ccc1-c1ncccn1)N1CC2CC23CC(Nc2ncc(C(F)(F)F)cc2Cl)C13. The van der Waals surface area contributed by atoms with E-state index in [4.69, 9.17) is 11.6 Å². The molecule has 2 aliphatic carbocycles. The van der Waals surface area contributed by atoms with Crippen molar-refractivity contribution in [1.29, 1.82) is 0 Å². The topological polar surface area (TPSA) is 71.0 Å². The number of piperidine rings is 1. The molecule has 6 rings (SSSR count). The number of likely N-dealkylation sites (tertiary alicyclic amines) is 1. The van der Waals surface area contributed by atoms with Crippen molar-refractivity contribution in [3.05, 3.63) is 70.9 Å². The molecule has 1 N–H and O–H groups in total. The fourth-order valence-corrected chi connectivity index (χ4v) is 5.94. The molecule has 180 valence electrons. The van der Waals surface area contributed by atoms with Crippen LogP contribution < -0.4 is 5.32 Å². The molecule has 2 saturated carbocycles. The third kappa shape index (κ3) is 3.53. The van der Waals surface area contributed by atoms with Gasteiger partial charge in [0.2, 0.25) is 0 Å². The van der Waals surface area contributed by atoms with Gasteiger partial charge in [0, 0.05) is 36.7 Å². The number of nitrogens with zero attached hydrogens (tertiary/aromatic N) is 4. The number of nitrogens with one attached hydrogen (secondary N) is 1. The van der Waals surface area contributed by atoms with Crippen LogP contribution in [0.4, 0.5) is 23.4 Å². The van der Waals surface area contributed by atoms with E-state index in [1.807, 2.05) is 0 Å². The van der Waals surface area contributed by atoms with E-state index in [2.05, 4.69) is 20.3 Å². The maximum absolute atomic E-state index is 14.2. The van der Waals surface area contributed by atoms with Gasteiger partial charge in [-0.1, -0.05) is 11.6 Å². The molecular weight excluding hydrogens is 486 g/mol. The fraction of sp³-hybridized carbons (Fsp3) is 0.333. The number of amides is 1. The van der Waals surface area contributed by atoms with Crippen molar-refractivity contribution >= 4 is 23.3 Å². The van der Waals surface area contributed by atoms with Crippen LogP contribution in [0.15, 0.2) is 48.9 Å². The molecule has 0 bridgehead atoms. The molecule has 1 spiro atoms. The second-order valence-corrected chi connectivity index (χ2v) is 9.71. The van der Waals surface area contributed by atoms with Gasteiger partial charge in [-0.3, -0.25) is 4.79 Å². The van der Waals surface area contributed by atoms with E-state index in [9.17, 15) is 22.4 Å². The number of halogens is 5. The molecular formula is C24H18ClF4N5O. The van der Waals surface area contributed by atoms with Crippen LogP contribution in [0.25, 0.3) is 11.4 Å². The van der Waals surface area contributed by atoms with Crippen LogP contribution in [-0.4, -0.2) is 44.4 Å². The van der Waals surface area contributed by atoms with E-state index in [1.54, 1.807) is 23.4 Å². The Morgan fingerprint density at radius 1 is 1.14 bits per heavy atom. The molecule has 4 atom stereocenters. The maximum Gasteiger partial charge on any atom is 0.417 e. The van der Waals surface area contributed by atoms with Gasteiger partial charge in [-0.05, 0) is 54.5 Å². The quantitative estimate of drug-likeness (QED) is 0.504. The number of carbonyl (C=O) groups excluding carboxylic acids is 1. The van der Waals surface area contributed by atoms with Gasteiger partial charge in [-0.15, -0.1) is 0 Å². The molecule has 1 saturated heterocycles. The van der Waals surface area contributed by atoms with Crippen LogP contribution in [0.5, 0.6) is 0 Å². The minimum atomic E-state index is -4.54. The van der Waals surface area contributed by atoms with E-state index in [0.29, 0.717) is 23.9 Å². The summed E-state index contributed by atoms with van der Waals surface area (Å²) in [5, 5.41) is 3.00. The van der Waals surface area contributed by atoms with Gasteiger partial charge >= 0.3 is 6.18 Å². The Kier molecular flexibility index (Phi) is 4.83. The molecule has 6 nitrogen and oxygen atoms in total. The van der Waals surface area contributed by atoms with E-state index in [1.165, 1.54) is 18.2 Å². The van der Waals surface area contributed by atoms with Gasteiger partial charge in [0.15, 0.2) is 5.82 Å². The first kappa shape index (κ1) is 22.2. The van der Waals surface area contributed by atoms with Gasteiger partial charge in [-0.25, -0.2) is 19.3 Å². The van der Waals surface area contributed by atoms with Crippen LogP contribution in [0.1, 0.15) is 28.8 Å². The highest BCUT2D eigenvalue weighted by Crippen LogP contribution is 2.71. The van der Waals surface area contributed by atoms with Crippen molar-refractivity contribution in [1.82, 2.24) is 19.9 Å². The number of pyridine rings is 1. The number of hydrogen-bond acceptors (Lipinski definition) is 5. The number of benzene rings is 1. The van der Waals surface area contributed by atoms with E-state index in [-0.39, 0.29) is 39.8 Å². The average molecular weight is 504 g/mol. The molecule has 1 amide bonds. The smallest absolute Gasteiger partial charge is 0.364 e. The largest absolute Gasteiger partial charge is 0.417 e. The van der Waals surface area contributed by atoms with Crippen LogP contribution in [-0.2, 0) is 6.18 Å². The summed E-state index contributed by atoms with van der Waals surface area (Å²) in [6, 6.07) is 6.00. The lowest BCUT2D eigenvalue weighted by Gasteiger charge is -2.48. The number of carbonyl (C=O) groups is 1. The van der Waals surface area contributed by atoms with E-state index < -0.39 is 17.6 Å². The predicted molar refractivity (Wildman–Crippen MR) is 119 cm³/mol. The van der Waals surface area contributed by atoms with Crippen LogP contribution in [0.3, 0.4) is 0 Å². The minimum absolute atomic E-state index is 0.0253. The summed E-state index contributed by atoms with van der Waals surface area (Å²) in [7, 11) is 0. The number of hydrogen-bond donors (Lipinski definition) is 1. The molecule has 3 aliphatic rings. The van der Waals surface area contributed by atoms with Crippen LogP contribution >= 0.6 is 11.6 Å². The Morgan fingerprint density at radius 2 is 1.91 bits per heavy atom. The Morgan fingerprint density at radius 3 is 2.63 bits per heavy atom. The Labute approximate surface area is 202 Å². The summed E-state index contributed by atoms with van der Waals surface area (Å²) in [5.41, 5.74) is -0.352. The highest BCUT2D eigenvalue weighted by molar-refractivity contribution is 6.33. The summed E-state index contributed by atoms with van der Waals surface area (Å²) in [5.74, 6) is -0.0766. The van der Waals surface area contributed by atoms with E-state index in [0.717, 1.165) is 25.1 Å². The van der Waals surface area contributed by atoms with Gasteiger partial charge < -0.3 is 10.2 Å². The zero-order valence-electron chi connectivity index (χ0n) is 18.1. The maximum atomic E-state index is 14.2. The number of anilines is 1. The number of alkyl halides is 3. The molecule has 11 heteroatoms. The molecule has 3 fully saturated rings. The molecule has 3 heterocycles. The van der Waals surface area contributed by atoms with Crippen LogP contribution in [0, 0.1) is 17.2 Å². The van der Waals surface area contributed by atoms with Crippen molar-refractivity contribution in [2.45, 2.75) is 31.1 Å². The first-order valence-electron chi connectivity index (χ1n) is 11.0. The van der Waals surface area contributed by atoms with E-state index >= 15 is 0 Å². The van der Waals surface area contributed by atoms with Crippen molar-refractivity contribution in [2.24, 2.45) is 11.3 Å². The average Bonchev–Trinajstić information content (AvgIpc) is 3.48. The van der Waals surface area contributed by atoms with Crippen molar-refractivity contribution < 1.29 is 22.4 Å². The van der Waals surface area contributed by atoms with Crippen molar-refractivity contribution in [3.63, 3.8) is 0 Å². The zero-order chi connectivity index (χ0) is 24.5. The summed E-state index contributed by atoms with van der Waals surface area (Å²) in [4.78, 5) is 27.7. The molecule has 1 aliphatic heterocycles. The number of rotatable bonds is 4. The second kappa shape index (κ2) is 7.61. The minimum Gasteiger partial charge on any atom is -0.364 e. The van der Waals surface area contributed by atoms with Gasteiger partial charge in [0.05, 0.1) is 22.2 Å². The zero-order valence-corrected chi connectivity index (χ0v) is 18.8. The fourth-order valence-electron chi connectivity index (χ4n) is 5.71. The third-order valence-electron chi connectivity index (χ3n) is 7.37. The standard InChI is InChI=1S/C24H18ClF4N5O/c25-17-6-12(24(27,28)29)10-32-21(17)33-18-9-23-8-13(23)11-34(19(18)23)22(35)16-7-14(26)2-3-15(16)20-30-4-1-5-31-20/h1-7,10,13,18-19H,8-9,11H2,(H,32,33). The lowest BCUT2D eigenvalue weighted by atomic mass is 9.71. The Balaban J connectivity index is 1.28. The lowest BCUT2D eigenvalue weighted by Crippen LogP contribution is -2.60.